The number of nitrogens with zero attached hydrogens (tertiary/aromatic N) is 2. The van der Waals surface area contributed by atoms with Crippen LogP contribution >= 0.6 is 0 Å². The van der Waals surface area contributed by atoms with Crippen LogP contribution in [-0.2, 0) is 12.7 Å². The molecule has 8 heteroatoms. The Morgan fingerprint density at radius 3 is 2.19 bits per heavy atom. The minimum Gasteiger partial charge on any atom is -0.303 e. The third kappa shape index (κ3) is 5.18. The molecule has 0 unspecified atom stereocenters. The fourth-order valence-corrected chi connectivity index (χ4v) is 3.62. The summed E-state index contributed by atoms with van der Waals surface area (Å²) in [6.45, 7) is -0.521. The van der Waals surface area contributed by atoms with E-state index in [9.17, 15) is 32.0 Å². The Morgan fingerprint density at radius 2 is 1.53 bits per heavy atom. The fourth-order valence-electron chi connectivity index (χ4n) is 3.62. The molecule has 3 nitrogen and oxygen atoms in total. The number of rotatable bonds is 3. The number of nitriles is 1. The molecular formula is C28H15F5N2O. The van der Waals surface area contributed by atoms with E-state index in [1.54, 1.807) is 24.3 Å². The highest BCUT2D eigenvalue weighted by atomic mass is 19.4. The van der Waals surface area contributed by atoms with Gasteiger partial charge in [0.2, 0.25) is 0 Å². The van der Waals surface area contributed by atoms with Crippen LogP contribution in [0.5, 0.6) is 0 Å². The average molecular weight is 490 g/mol. The zero-order valence-corrected chi connectivity index (χ0v) is 18.4. The Balaban J connectivity index is 1.91. The summed E-state index contributed by atoms with van der Waals surface area (Å²) < 4.78 is 69.8. The lowest BCUT2D eigenvalue weighted by Crippen LogP contribution is -2.29. The van der Waals surface area contributed by atoms with Gasteiger partial charge in [-0.15, -0.1) is 0 Å². The van der Waals surface area contributed by atoms with Gasteiger partial charge < -0.3 is 4.57 Å². The van der Waals surface area contributed by atoms with E-state index in [4.69, 9.17) is 0 Å². The van der Waals surface area contributed by atoms with Crippen molar-refractivity contribution < 1.29 is 22.0 Å². The lowest BCUT2D eigenvalue weighted by Gasteiger charge is -2.18. The maximum absolute atomic E-state index is 14.4. The quantitative estimate of drug-likeness (QED) is 0.256. The Labute approximate surface area is 202 Å². The lowest BCUT2D eigenvalue weighted by molar-refractivity contribution is -0.137. The van der Waals surface area contributed by atoms with Crippen molar-refractivity contribution in [3.63, 3.8) is 0 Å². The summed E-state index contributed by atoms with van der Waals surface area (Å²) in [6, 6.07) is 19.9. The minimum absolute atomic E-state index is 0.136. The van der Waals surface area contributed by atoms with E-state index < -0.39 is 41.0 Å². The smallest absolute Gasteiger partial charge is 0.303 e. The van der Waals surface area contributed by atoms with Crippen LogP contribution in [0, 0.1) is 34.8 Å². The molecule has 0 spiro atoms. The van der Waals surface area contributed by atoms with Gasteiger partial charge in [-0.05, 0) is 42.0 Å². The molecule has 36 heavy (non-hydrogen) atoms. The van der Waals surface area contributed by atoms with E-state index in [-0.39, 0.29) is 16.8 Å². The third-order valence-corrected chi connectivity index (χ3v) is 5.34. The SMILES string of the molecule is N#Cc1c(C(F)(F)F)cc(-c2cccc(C#Cc3ccccc3)c2)n(Cc2ccc(F)cc2F)c1=O. The average Bonchev–Trinajstić information content (AvgIpc) is 2.85. The number of pyridine rings is 1. The number of hydrogen-bond donors (Lipinski definition) is 0. The lowest BCUT2D eigenvalue weighted by atomic mass is 10.0. The second-order valence-electron chi connectivity index (χ2n) is 7.75. The van der Waals surface area contributed by atoms with Crippen molar-refractivity contribution in [3.8, 4) is 29.2 Å². The molecule has 0 bridgehead atoms. The van der Waals surface area contributed by atoms with Gasteiger partial charge in [0.15, 0.2) is 0 Å². The van der Waals surface area contributed by atoms with Gasteiger partial charge in [-0.2, -0.15) is 18.4 Å². The normalized spacial score (nSPS) is 10.9. The summed E-state index contributed by atoms with van der Waals surface area (Å²) in [4.78, 5) is 13.1. The first-order chi connectivity index (χ1) is 17.2. The molecule has 1 heterocycles. The van der Waals surface area contributed by atoms with E-state index >= 15 is 0 Å². The first-order valence-corrected chi connectivity index (χ1v) is 10.5. The van der Waals surface area contributed by atoms with Gasteiger partial charge in [0.05, 0.1) is 17.8 Å². The zero-order chi connectivity index (χ0) is 25.9. The number of aromatic nitrogens is 1. The van der Waals surface area contributed by atoms with E-state index in [1.165, 1.54) is 18.2 Å². The third-order valence-electron chi connectivity index (χ3n) is 5.34. The fraction of sp³-hybridized carbons (Fsp3) is 0.0714. The minimum atomic E-state index is -4.98. The largest absolute Gasteiger partial charge is 0.417 e. The summed E-state index contributed by atoms with van der Waals surface area (Å²) in [5.41, 5.74) is -2.71. The van der Waals surface area contributed by atoms with E-state index in [2.05, 4.69) is 11.8 Å². The standard InChI is InChI=1S/C28H15F5N2O/c29-22-12-11-21(25(30)14-22)17-35-26(15-24(28(31,32)33)23(16-34)27(35)36)20-8-4-7-19(13-20)10-9-18-5-2-1-3-6-18/h1-8,11-15H,17H2. The first-order valence-electron chi connectivity index (χ1n) is 10.5. The van der Waals surface area contributed by atoms with Gasteiger partial charge >= 0.3 is 6.18 Å². The number of hydrogen-bond acceptors (Lipinski definition) is 2. The summed E-state index contributed by atoms with van der Waals surface area (Å²) in [5, 5.41) is 9.32. The summed E-state index contributed by atoms with van der Waals surface area (Å²) in [5.74, 6) is 4.04. The van der Waals surface area contributed by atoms with Gasteiger partial charge in [-0.3, -0.25) is 4.79 Å². The van der Waals surface area contributed by atoms with Crippen LogP contribution in [0.25, 0.3) is 11.3 Å². The molecule has 0 aliphatic heterocycles. The molecule has 0 fully saturated rings. The van der Waals surface area contributed by atoms with Crippen molar-refractivity contribution in [3.05, 3.63) is 129 Å². The van der Waals surface area contributed by atoms with Crippen LogP contribution in [0.4, 0.5) is 22.0 Å². The molecule has 0 atom stereocenters. The molecule has 0 saturated heterocycles. The molecule has 4 aromatic rings. The molecule has 178 valence electrons. The van der Waals surface area contributed by atoms with Crippen molar-refractivity contribution in [2.75, 3.05) is 0 Å². The van der Waals surface area contributed by atoms with Crippen LogP contribution in [0.1, 0.15) is 27.8 Å². The summed E-state index contributed by atoms with van der Waals surface area (Å²) in [6.07, 6.45) is -4.98. The Hall–Kier alpha value is -4.69. The molecule has 0 saturated carbocycles. The van der Waals surface area contributed by atoms with Crippen LogP contribution in [0.3, 0.4) is 0 Å². The number of benzene rings is 3. The zero-order valence-electron chi connectivity index (χ0n) is 18.4. The van der Waals surface area contributed by atoms with Gasteiger partial charge in [0, 0.05) is 22.8 Å². The highest BCUT2D eigenvalue weighted by Crippen LogP contribution is 2.34. The Kier molecular flexibility index (Phi) is 6.71. The molecule has 0 N–H and O–H groups in total. The molecule has 0 aliphatic carbocycles. The molecular weight excluding hydrogens is 475 g/mol. The molecule has 0 aliphatic rings. The number of alkyl halides is 3. The highest BCUT2D eigenvalue weighted by Gasteiger charge is 2.36. The monoisotopic (exact) mass is 490 g/mol. The van der Waals surface area contributed by atoms with Crippen LogP contribution < -0.4 is 5.56 Å². The van der Waals surface area contributed by atoms with Crippen molar-refractivity contribution in [1.82, 2.24) is 4.57 Å². The molecule has 0 amide bonds. The predicted molar refractivity (Wildman–Crippen MR) is 124 cm³/mol. The highest BCUT2D eigenvalue weighted by molar-refractivity contribution is 5.65. The van der Waals surface area contributed by atoms with Gasteiger partial charge in [-0.25, -0.2) is 8.78 Å². The molecule has 1 aromatic heterocycles. The Bertz CT molecular complexity index is 1600. The first kappa shape index (κ1) is 24.4. The second kappa shape index (κ2) is 9.89. The van der Waals surface area contributed by atoms with Gasteiger partial charge in [-0.1, -0.05) is 48.2 Å². The predicted octanol–water partition coefficient (Wildman–Crippen LogP) is 6.13. The van der Waals surface area contributed by atoms with Crippen molar-refractivity contribution in [2.24, 2.45) is 0 Å². The van der Waals surface area contributed by atoms with Gasteiger partial charge in [0.1, 0.15) is 23.3 Å². The van der Waals surface area contributed by atoms with E-state index in [0.717, 1.165) is 22.3 Å². The van der Waals surface area contributed by atoms with Crippen LogP contribution in [-0.4, -0.2) is 4.57 Å². The van der Waals surface area contributed by atoms with Crippen molar-refractivity contribution in [1.29, 1.82) is 5.26 Å². The molecule has 4 rings (SSSR count). The van der Waals surface area contributed by atoms with E-state index in [1.807, 2.05) is 18.2 Å². The maximum Gasteiger partial charge on any atom is 0.417 e. The molecule has 0 radical (unpaired) electrons. The van der Waals surface area contributed by atoms with Crippen molar-refractivity contribution in [2.45, 2.75) is 12.7 Å². The summed E-state index contributed by atoms with van der Waals surface area (Å²) >= 11 is 0. The summed E-state index contributed by atoms with van der Waals surface area (Å²) in [7, 11) is 0. The van der Waals surface area contributed by atoms with E-state index in [0.29, 0.717) is 17.7 Å². The maximum atomic E-state index is 14.4. The van der Waals surface area contributed by atoms with Crippen LogP contribution in [0.2, 0.25) is 0 Å². The van der Waals surface area contributed by atoms with Gasteiger partial charge in [0.25, 0.3) is 5.56 Å². The van der Waals surface area contributed by atoms with Crippen molar-refractivity contribution >= 4 is 0 Å². The Morgan fingerprint density at radius 1 is 0.833 bits per heavy atom. The van der Waals surface area contributed by atoms with Crippen LogP contribution in [0.15, 0.2) is 83.7 Å². The second-order valence-corrected chi connectivity index (χ2v) is 7.75. The molecule has 3 aromatic carbocycles. The number of halogens is 5. The topological polar surface area (TPSA) is 45.8 Å².